The summed E-state index contributed by atoms with van der Waals surface area (Å²) in [6, 6.07) is 21.0. The number of aryl methyl sites for hydroxylation is 1. The number of carboxylic acids is 1. The average Bonchev–Trinajstić information content (AvgIpc) is 3.50. The molecule has 0 saturated heterocycles. The normalized spacial score (nSPS) is 13.3. The van der Waals surface area contributed by atoms with Crippen LogP contribution in [0.4, 0.5) is 0 Å². The third-order valence-electron chi connectivity index (χ3n) is 6.73. The first-order valence-electron chi connectivity index (χ1n) is 13.8. The molecular weight excluding hydrogens is 572 g/mol. The molecule has 4 aromatic rings. The smallest absolute Gasteiger partial charge is 0.326 e. The minimum absolute atomic E-state index is 0.167. The lowest BCUT2D eigenvalue weighted by atomic mass is 9.93. The van der Waals surface area contributed by atoms with Crippen molar-refractivity contribution in [1.82, 2.24) is 10.3 Å². The lowest BCUT2D eigenvalue weighted by Crippen LogP contribution is -2.41. The lowest BCUT2D eigenvalue weighted by Gasteiger charge is -2.19. The van der Waals surface area contributed by atoms with Crippen molar-refractivity contribution in [3.63, 3.8) is 0 Å². The molecule has 3 unspecified atom stereocenters. The number of benzene rings is 3. The molecule has 0 bridgehead atoms. The van der Waals surface area contributed by atoms with Crippen molar-refractivity contribution in [1.29, 1.82) is 0 Å². The summed E-state index contributed by atoms with van der Waals surface area (Å²) in [5.74, 6) is -1.18. The third kappa shape index (κ3) is 8.68. The molecule has 0 aliphatic heterocycles. The van der Waals surface area contributed by atoms with E-state index in [0.717, 1.165) is 22.3 Å². The first kappa shape index (κ1) is 31.8. The Labute approximate surface area is 252 Å². The number of carboxylic acid groups (broad SMARTS) is 1. The second-order valence-electron chi connectivity index (χ2n) is 9.77. The molecule has 226 valence electrons. The van der Waals surface area contributed by atoms with Crippen LogP contribution in [0.15, 0.2) is 83.4 Å². The van der Waals surface area contributed by atoms with Gasteiger partial charge in [-0.05, 0) is 66.8 Å². The Balaban J connectivity index is 1.59. The number of oxazole rings is 1. The maximum atomic E-state index is 13.3. The van der Waals surface area contributed by atoms with Gasteiger partial charge in [-0.3, -0.25) is 4.79 Å². The van der Waals surface area contributed by atoms with Gasteiger partial charge in [-0.25, -0.2) is 14.0 Å². The van der Waals surface area contributed by atoms with Crippen LogP contribution in [0.1, 0.15) is 46.7 Å². The van der Waals surface area contributed by atoms with Crippen molar-refractivity contribution in [2.75, 3.05) is 19.0 Å². The topological polar surface area (TPSA) is 148 Å². The van der Waals surface area contributed by atoms with Crippen LogP contribution < -0.4 is 5.32 Å². The van der Waals surface area contributed by atoms with Crippen LogP contribution in [0, 0.1) is 6.92 Å². The summed E-state index contributed by atoms with van der Waals surface area (Å²) in [5, 5.41) is 12.1. The van der Waals surface area contributed by atoms with E-state index >= 15 is 0 Å². The summed E-state index contributed by atoms with van der Waals surface area (Å²) in [6.45, 7) is 4.72. The monoisotopic (exact) mass is 606 g/mol. The average molecular weight is 607 g/mol. The Hall–Kier alpha value is -4.16. The van der Waals surface area contributed by atoms with Gasteiger partial charge in [-0.2, -0.15) is 0 Å². The molecule has 3 aromatic carbocycles. The zero-order chi connectivity index (χ0) is 30.8. The molecule has 43 heavy (non-hydrogen) atoms. The van der Waals surface area contributed by atoms with Crippen LogP contribution >= 0.6 is 0 Å². The van der Waals surface area contributed by atoms with Crippen molar-refractivity contribution >= 4 is 23.0 Å². The summed E-state index contributed by atoms with van der Waals surface area (Å²) < 4.78 is 38.1. The molecule has 0 aliphatic carbocycles. The third-order valence-corrected chi connectivity index (χ3v) is 7.32. The van der Waals surface area contributed by atoms with Crippen LogP contribution in [-0.4, -0.2) is 55.7 Å². The van der Waals surface area contributed by atoms with Gasteiger partial charge >= 0.3 is 5.97 Å². The summed E-state index contributed by atoms with van der Waals surface area (Å²) in [6.07, 6.45) is 0.900. The van der Waals surface area contributed by atoms with E-state index in [2.05, 4.69) is 10.3 Å². The molecule has 0 saturated carbocycles. The molecule has 1 amide bonds. The van der Waals surface area contributed by atoms with Crippen molar-refractivity contribution in [2.45, 2.75) is 39.0 Å². The fourth-order valence-corrected chi connectivity index (χ4v) is 4.91. The molecule has 10 nitrogen and oxygen atoms in total. The highest BCUT2D eigenvalue weighted by molar-refractivity contribution is 7.79. The van der Waals surface area contributed by atoms with Gasteiger partial charge in [0, 0.05) is 17.7 Å². The summed E-state index contributed by atoms with van der Waals surface area (Å²) >= 11 is -2.18. The van der Waals surface area contributed by atoms with Crippen molar-refractivity contribution in [2.24, 2.45) is 0 Å². The molecule has 3 N–H and O–H groups in total. The highest BCUT2D eigenvalue weighted by Crippen LogP contribution is 2.30. The van der Waals surface area contributed by atoms with Crippen molar-refractivity contribution in [3.05, 3.63) is 101 Å². The van der Waals surface area contributed by atoms with E-state index in [9.17, 15) is 18.9 Å². The van der Waals surface area contributed by atoms with Crippen LogP contribution in [-0.2, 0) is 32.0 Å². The molecule has 11 heteroatoms. The molecule has 0 fully saturated rings. The number of aromatic nitrogens is 1. The SMILES string of the molecule is CCOCC(OCc1ccc(C(=O)NC(CCS(=O)O)C(=O)O)c(-c2ccccc2C)c1)c1cnc(-c2ccccc2)o1. The fourth-order valence-electron chi connectivity index (χ4n) is 4.47. The van der Waals surface area contributed by atoms with Gasteiger partial charge in [0.15, 0.2) is 16.8 Å². The molecular formula is C32H34N2O8S. The van der Waals surface area contributed by atoms with Gasteiger partial charge < -0.3 is 28.9 Å². The number of carbonyl (C=O) groups excluding carboxylic acids is 1. The van der Waals surface area contributed by atoms with Gasteiger partial charge in [0.25, 0.3) is 5.91 Å². The highest BCUT2D eigenvalue weighted by atomic mass is 32.2. The number of carbonyl (C=O) groups is 2. The number of nitrogens with one attached hydrogen (secondary N) is 1. The molecule has 0 radical (unpaired) electrons. The van der Waals surface area contributed by atoms with Gasteiger partial charge in [0.05, 0.1) is 25.2 Å². The number of rotatable bonds is 15. The van der Waals surface area contributed by atoms with Crippen molar-refractivity contribution < 1.29 is 37.3 Å². The molecule has 0 aliphatic rings. The van der Waals surface area contributed by atoms with E-state index in [1.54, 1.807) is 18.3 Å². The lowest BCUT2D eigenvalue weighted by molar-refractivity contribution is -0.139. The van der Waals surface area contributed by atoms with E-state index in [1.807, 2.05) is 74.5 Å². The second kappa shape index (κ2) is 15.4. The predicted molar refractivity (Wildman–Crippen MR) is 162 cm³/mol. The van der Waals surface area contributed by atoms with Gasteiger partial charge in [0.2, 0.25) is 5.89 Å². The molecule has 0 spiro atoms. The number of hydrogen-bond acceptors (Lipinski definition) is 7. The minimum Gasteiger partial charge on any atom is -0.480 e. The largest absolute Gasteiger partial charge is 0.480 e. The Bertz CT molecular complexity index is 1560. The fraction of sp³-hybridized carbons (Fsp3) is 0.281. The van der Waals surface area contributed by atoms with Crippen LogP contribution in [0.2, 0.25) is 0 Å². The van der Waals surface area contributed by atoms with Gasteiger partial charge in [0.1, 0.15) is 12.1 Å². The number of nitrogens with zero attached hydrogens (tertiary/aromatic N) is 1. The van der Waals surface area contributed by atoms with Gasteiger partial charge in [-0.1, -0.05) is 48.5 Å². The Morgan fingerprint density at radius 2 is 1.79 bits per heavy atom. The maximum absolute atomic E-state index is 13.3. The first-order chi connectivity index (χ1) is 20.8. The number of ether oxygens (including phenoxy) is 2. The molecule has 4 rings (SSSR count). The van der Waals surface area contributed by atoms with E-state index in [4.69, 9.17) is 18.4 Å². The van der Waals surface area contributed by atoms with Gasteiger partial charge in [-0.15, -0.1) is 0 Å². The van der Waals surface area contributed by atoms with E-state index in [0.29, 0.717) is 23.8 Å². The second-order valence-corrected chi connectivity index (χ2v) is 10.8. The Kier molecular flexibility index (Phi) is 11.3. The van der Waals surface area contributed by atoms with Crippen molar-refractivity contribution in [3.8, 4) is 22.6 Å². The maximum Gasteiger partial charge on any atom is 0.326 e. The number of aliphatic carboxylic acids is 1. The van der Waals surface area contributed by atoms with E-state index in [1.165, 1.54) is 0 Å². The standard InChI is InChI=1S/C32H34N2O8S/c1-3-40-20-29(28-18-33-31(42-28)23-10-5-4-6-11-23)41-19-22-13-14-25(26(17-22)24-12-8-7-9-21(24)2)30(35)34-27(32(36)37)15-16-43(38)39/h4-14,17-18,27,29H,3,15-16,19-20H2,1-2H3,(H,34,35)(H,36,37)(H,38,39). The first-order valence-corrected chi connectivity index (χ1v) is 15.0. The highest BCUT2D eigenvalue weighted by Gasteiger charge is 2.24. The quantitative estimate of drug-likeness (QED) is 0.151. The molecule has 1 aromatic heterocycles. The number of hydrogen-bond donors (Lipinski definition) is 3. The predicted octanol–water partition coefficient (Wildman–Crippen LogP) is 5.41. The van der Waals surface area contributed by atoms with Crippen LogP contribution in [0.25, 0.3) is 22.6 Å². The van der Waals surface area contributed by atoms with Crippen LogP contribution in [0.5, 0.6) is 0 Å². The van der Waals surface area contributed by atoms with Crippen LogP contribution in [0.3, 0.4) is 0 Å². The minimum atomic E-state index is -2.18. The van der Waals surface area contributed by atoms with E-state index in [-0.39, 0.29) is 31.0 Å². The summed E-state index contributed by atoms with van der Waals surface area (Å²) in [4.78, 5) is 29.5. The zero-order valence-corrected chi connectivity index (χ0v) is 24.7. The zero-order valence-electron chi connectivity index (χ0n) is 23.9. The Morgan fingerprint density at radius 1 is 1.05 bits per heavy atom. The summed E-state index contributed by atoms with van der Waals surface area (Å²) in [5.41, 5.74) is 4.19. The van der Waals surface area contributed by atoms with E-state index < -0.39 is 35.1 Å². The summed E-state index contributed by atoms with van der Waals surface area (Å²) in [7, 11) is 0. The number of amides is 1. The molecule has 3 atom stereocenters. The Morgan fingerprint density at radius 3 is 2.49 bits per heavy atom. The molecule has 1 heterocycles.